The molecule has 0 amide bonds. The van der Waals surface area contributed by atoms with Crippen LogP contribution < -0.4 is 8.92 Å². The summed E-state index contributed by atoms with van der Waals surface area (Å²) in [6, 6.07) is 9.54. The minimum atomic E-state index is -4.16. The highest BCUT2D eigenvalue weighted by atomic mass is 32.2. The third kappa shape index (κ3) is 3.34. The number of nitro benzene ring substituents is 1. The Morgan fingerprint density at radius 3 is 2.18 bits per heavy atom. The monoisotopic (exact) mass is 323 g/mol. The van der Waals surface area contributed by atoms with Gasteiger partial charge < -0.3 is 8.92 Å². The second-order valence-corrected chi connectivity index (χ2v) is 5.93. The van der Waals surface area contributed by atoms with Crippen molar-refractivity contribution in [1.82, 2.24) is 0 Å². The summed E-state index contributed by atoms with van der Waals surface area (Å²) in [6.07, 6.45) is 0. The van der Waals surface area contributed by atoms with Gasteiger partial charge in [0.25, 0.3) is 5.69 Å². The van der Waals surface area contributed by atoms with E-state index < -0.39 is 15.0 Å². The smallest absolute Gasteiger partial charge is 0.339 e. The van der Waals surface area contributed by atoms with E-state index in [0.29, 0.717) is 11.3 Å². The van der Waals surface area contributed by atoms with Gasteiger partial charge in [-0.05, 0) is 36.8 Å². The molecule has 2 aromatic carbocycles. The van der Waals surface area contributed by atoms with E-state index in [1.165, 1.54) is 38.3 Å². The Kier molecular flexibility index (Phi) is 4.32. The normalized spacial score (nSPS) is 11.0. The number of methoxy groups -OCH3 is 1. The Bertz CT molecular complexity index is 799. The molecule has 0 atom stereocenters. The van der Waals surface area contributed by atoms with Gasteiger partial charge in [0.05, 0.1) is 12.0 Å². The summed E-state index contributed by atoms with van der Waals surface area (Å²) >= 11 is 0. The fourth-order valence-electron chi connectivity index (χ4n) is 1.77. The molecule has 8 heteroatoms. The molecule has 0 aliphatic carbocycles. The second-order valence-electron chi connectivity index (χ2n) is 4.42. The van der Waals surface area contributed by atoms with Crippen LogP contribution in [0.25, 0.3) is 0 Å². The lowest BCUT2D eigenvalue weighted by Gasteiger charge is -2.09. The fourth-order valence-corrected chi connectivity index (χ4v) is 2.96. The Hall–Kier alpha value is -2.61. The van der Waals surface area contributed by atoms with Crippen molar-refractivity contribution in [1.29, 1.82) is 0 Å². The van der Waals surface area contributed by atoms with E-state index in [1.807, 2.05) is 0 Å². The highest BCUT2D eigenvalue weighted by Gasteiger charge is 2.22. The number of rotatable bonds is 5. The highest BCUT2D eigenvalue weighted by molar-refractivity contribution is 7.87. The summed E-state index contributed by atoms with van der Waals surface area (Å²) in [5.41, 5.74) is 0.0432. The number of nitro groups is 1. The number of nitrogens with zero attached hydrogens (tertiary/aromatic N) is 1. The molecule has 7 nitrogen and oxygen atoms in total. The first-order valence-electron chi connectivity index (χ1n) is 6.17. The topological polar surface area (TPSA) is 95.7 Å². The minimum Gasteiger partial charge on any atom is -0.497 e. The van der Waals surface area contributed by atoms with Crippen molar-refractivity contribution >= 4 is 15.8 Å². The van der Waals surface area contributed by atoms with E-state index in [1.54, 1.807) is 12.1 Å². The van der Waals surface area contributed by atoms with Crippen molar-refractivity contribution in [2.45, 2.75) is 11.8 Å². The largest absolute Gasteiger partial charge is 0.497 e. The molecule has 0 heterocycles. The first-order chi connectivity index (χ1) is 10.3. The van der Waals surface area contributed by atoms with Gasteiger partial charge in [-0.15, -0.1) is 0 Å². The van der Waals surface area contributed by atoms with Crippen LogP contribution in [0.15, 0.2) is 47.4 Å². The van der Waals surface area contributed by atoms with Crippen molar-refractivity contribution in [2.75, 3.05) is 7.11 Å². The SMILES string of the molecule is COc1ccc(OS(=O)(=O)c2cc([N+](=O)[O-])ccc2C)cc1. The maximum atomic E-state index is 12.3. The Morgan fingerprint density at radius 2 is 1.64 bits per heavy atom. The zero-order valence-electron chi connectivity index (χ0n) is 11.8. The van der Waals surface area contributed by atoms with Crippen LogP contribution in [0.1, 0.15) is 5.56 Å². The van der Waals surface area contributed by atoms with Crippen LogP contribution in [0.3, 0.4) is 0 Å². The predicted octanol–water partition coefficient (Wildman–Crippen LogP) is 2.68. The van der Waals surface area contributed by atoms with Crippen LogP contribution in [-0.4, -0.2) is 20.5 Å². The average molecular weight is 323 g/mol. The summed E-state index contributed by atoms with van der Waals surface area (Å²) in [5, 5.41) is 10.8. The van der Waals surface area contributed by atoms with Crippen molar-refractivity contribution < 1.29 is 22.3 Å². The van der Waals surface area contributed by atoms with Gasteiger partial charge in [-0.3, -0.25) is 10.1 Å². The van der Waals surface area contributed by atoms with Gasteiger partial charge >= 0.3 is 10.1 Å². The van der Waals surface area contributed by atoms with Crippen molar-refractivity contribution in [3.63, 3.8) is 0 Å². The third-order valence-electron chi connectivity index (χ3n) is 2.92. The number of hydrogen-bond donors (Lipinski definition) is 0. The van der Waals surface area contributed by atoms with E-state index in [-0.39, 0.29) is 16.3 Å². The maximum Gasteiger partial charge on any atom is 0.339 e. The molecule has 2 aromatic rings. The molecule has 0 N–H and O–H groups in total. The number of aryl methyl sites for hydroxylation is 1. The van der Waals surface area contributed by atoms with Gasteiger partial charge in [0.1, 0.15) is 16.4 Å². The van der Waals surface area contributed by atoms with Gasteiger partial charge in [-0.1, -0.05) is 6.07 Å². The molecule has 0 aromatic heterocycles. The number of hydrogen-bond acceptors (Lipinski definition) is 6. The first kappa shape index (κ1) is 15.8. The minimum absolute atomic E-state index is 0.0895. The molecule has 2 rings (SSSR count). The van der Waals surface area contributed by atoms with Gasteiger partial charge in [0, 0.05) is 12.1 Å². The molecule has 0 aliphatic rings. The Balaban J connectivity index is 2.37. The zero-order chi connectivity index (χ0) is 16.3. The van der Waals surface area contributed by atoms with Crippen molar-refractivity contribution in [3.8, 4) is 11.5 Å². The zero-order valence-corrected chi connectivity index (χ0v) is 12.7. The standard InChI is InChI=1S/C14H13NO6S/c1-10-3-4-11(15(16)17)9-14(10)22(18,19)21-13-7-5-12(20-2)6-8-13/h3-9H,1-2H3. The van der Waals surface area contributed by atoms with Crippen LogP contribution >= 0.6 is 0 Å². The third-order valence-corrected chi connectivity index (χ3v) is 4.31. The summed E-state index contributed by atoms with van der Waals surface area (Å²) < 4.78 is 34.5. The van der Waals surface area contributed by atoms with E-state index in [0.717, 1.165) is 6.07 Å². The molecule has 0 bridgehead atoms. The molecular weight excluding hydrogens is 310 g/mol. The lowest BCUT2D eigenvalue weighted by Crippen LogP contribution is -2.11. The van der Waals surface area contributed by atoms with E-state index in [2.05, 4.69) is 0 Å². The van der Waals surface area contributed by atoms with Gasteiger partial charge in [0.2, 0.25) is 0 Å². The Labute approximate surface area is 127 Å². The quantitative estimate of drug-likeness (QED) is 0.477. The van der Waals surface area contributed by atoms with Gasteiger partial charge in [0.15, 0.2) is 0 Å². The summed E-state index contributed by atoms with van der Waals surface area (Å²) in [7, 11) is -2.68. The molecule has 0 radical (unpaired) electrons. The molecular formula is C14H13NO6S. The lowest BCUT2D eigenvalue weighted by molar-refractivity contribution is -0.385. The molecule has 0 unspecified atom stereocenters. The van der Waals surface area contributed by atoms with E-state index in [4.69, 9.17) is 8.92 Å². The molecule has 116 valence electrons. The highest BCUT2D eigenvalue weighted by Crippen LogP contribution is 2.26. The number of benzene rings is 2. The Morgan fingerprint density at radius 1 is 1.05 bits per heavy atom. The summed E-state index contributed by atoms with van der Waals surface area (Å²) in [6.45, 7) is 1.54. The molecule has 0 fully saturated rings. The summed E-state index contributed by atoms with van der Waals surface area (Å²) in [5.74, 6) is 0.642. The first-order valence-corrected chi connectivity index (χ1v) is 7.58. The lowest BCUT2D eigenvalue weighted by atomic mass is 10.2. The van der Waals surface area contributed by atoms with E-state index in [9.17, 15) is 18.5 Å². The van der Waals surface area contributed by atoms with Crippen LogP contribution in [0, 0.1) is 17.0 Å². The molecule has 0 saturated carbocycles. The van der Waals surface area contributed by atoms with Crippen LogP contribution in [0.4, 0.5) is 5.69 Å². The predicted molar refractivity (Wildman–Crippen MR) is 78.6 cm³/mol. The van der Waals surface area contributed by atoms with Crippen LogP contribution in [0.2, 0.25) is 0 Å². The van der Waals surface area contributed by atoms with Crippen molar-refractivity contribution in [2.24, 2.45) is 0 Å². The second kappa shape index (κ2) is 6.02. The van der Waals surface area contributed by atoms with E-state index >= 15 is 0 Å². The van der Waals surface area contributed by atoms with Gasteiger partial charge in [-0.2, -0.15) is 8.42 Å². The molecule has 0 saturated heterocycles. The molecule has 0 aliphatic heterocycles. The maximum absolute atomic E-state index is 12.3. The number of ether oxygens (including phenoxy) is 1. The van der Waals surface area contributed by atoms with Gasteiger partial charge in [-0.25, -0.2) is 0 Å². The van der Waals surface area contributed by atoms with Crippen molar-refractivity contribution in [3.05, 3.63) is 58.1 Å². The average Bonchev–Trinajstić information content (AvgIpc) is 2.47. The fraction of sp³-hybridized carbons (Fsp3) is 0.143. The molecule has 0 spiro atoms. The number of non-ortho nitro benzene ring substituents is 1. The van der Waals surface area contributed by atoms with Crippen LogP contribution in [0.5, 0.6) is 11.5 Å². The summed E-state index contributed by atoms with van der Waals surface area (Å²) in [4.78, 5) is 9.88. The van der Waals surface area contributed by atoms with Crippen LogP contribution in [-0.2, 0) is 10.1 Å². The molecule has 22 heavy (non-hydrogen) atoms.